The highest BCUT2D eigenvalue weighted by Crippen LogP contribution is 2.35. The molecule has 0 N–H and O–H groups in total. The number of amides is 2. The number of nitrogens with zero attached hydrogens (tertiary/aromatic N) is 2. The van der Waals surface area contributed by atoms with Crippen LogP contribution in [-0.4, -0.2) is 15.7 Å². The summed E-state index contributed by atoms with van der Waals surface area (Å²) >= 11 is 0.973. The van der Waals surface area contributed by atoms with Gasteiger partial charge < -0.3 is 4.57 Å². The molecule has 1 fully saturated rings. The maximum absolute atomic E-state index is 12.4. The number of aryl methyl sites for hydroxylation is 2. The maximum Gasteiger partial charge on any atom is 0.298 e. The van der Waals surface area contributed by atoms with Crippen LogP contribution in [0.1, 0.15) is 11.3 Å². The fourth-order valence-electron chi connectivity index (χ4n) is 2.14. The van der Waals surface area contributed by atoms with Gasteiger partial charge in [0.05, 0.1) is 10.6 Å². The molecular weight excluding hydrogens is 284 g/mol. The zero-order valence-corrected chi connectivity index (χ0v) is 12.6. The molecule has 21 heavy (non-hydrogen) atoms. The minimum absolute atomic E-state index is 0.260. The highest BCUT2D eigenvalue weighted by Gasteiger charge is 2.36. The van der Waals surface area contributed by atoms with E-state index in [1.54, 1.807) is 18.2 Å². The number of carbonyl (C=O) groups is 2. The van der Waals surface area contributed by atoms with Crippen LogP contribution < -0.4 is 4.90 Å². The van der Waals surface area contributed by atoms with Crippen LogP contribution in [0.2, 0.25) is 0 Å². The van der Waals surface area contributed by atoms with Crippen molar-refractivity contribution in [2.24, 2.45) is 7.05 Å². The minimum Gasteiger partial charge on any atom is -0.351 e. The van der Waals surface area contributed by atoms with Gasteiger partial charge in [0.2, 0.25) is 0 Å². The number of carbonyl (C=O) groups excluding carboxylic acids is 2. The molecule has 0 saturated carbocycles. The Kier molecular flexibility index (Phi) is 3.43. The summed E-state index contributed by atoms with van der Waals surface area (Å²) in [4.78, 5) is 26.2. The van der Waals surface area contributed by atoms with E-state index in [9.17, 15) is 9.59 Å². The van der Waals surface area contributed by atoms with Crippen molar-refractivity contribution in [1.82, 2.24) is 4.57 Å². The Hall–Kier alpha value is -2.27. The van der Waals surface area contributed by atoms with E-state index >= 15 is 0 Å². The predicted octanol–water partition coefficient (Wildman–Crippen LogP) is 3.57. The summed E-state index contributed by atoms with van der Waals surface area (Å²) in [6, 6.07) is 11.2. The lowest BCUT2D eigenvalue weighted by atomic mass is 10.2. The quantitative estimate of drug-likeness (QED) is 0.796. The number of anilines is 1. The number of hydrogen-bond donors (Lipinski definition) is 0. The number of hydrogen-bond acceptors (Lipinski definition) is 3. The summed E-state index contributed by atoms with van der Waals surface area (Å²) in [7, 11) is 1.90. The van der Waals surface area contributed by atoms with Crippen molar-refractivity contribution < 1.29 is 9.59 Å². The molecule has 0 radical (unpaired) electrons. The van der Waals surface area contributed by atoms with Gasteiger partial charge in [-0.2, -0.15) is 0 Å². The minimum atomic E-state index is -0.268. The summed E-state index contributed by atoms with van der Waals surface area (Å²) in [6.07, 6.45) is 3.65. The van der Waals surface area contributed by atoms with E-state index in [1.807, 2.05) is 49.0 Å². The third-order valence-electron chi connectivity index (χ3n) is 3.35. The van der Waals surface area contributed by atoms with Gasteiger partial charge in [0.25, 0.3) is 11.1 Å². The van der Waals surface area contributed by atoms with E-state index in [2.05, 4.69) is 0 Å². The van der Waals surface area contributed by atoms with Crippen molar-refractivity contribution in [1.29, 1.82) is 0 Å². The number of rotatable bonds is 2. The highest BCUT2D eigenvalue weighted by molar-refractivity contribution is 8.19. The normalized spacial score (nSPS) is 17.0. The van der Waals surface area contributed by atoms with Crippen LogP contribution in [-0.2, 0) is 11.8 Å². The van der Waals surface area contributed by atoms with Crippen LogP contribution >= 0.6 is 11.8 Å². The van der Waals surface area contributed by atoms with Crippen molar-refractivity contribution in [2.75, 3.05) is 4.90 Å². The summed E-state index contributed by atoms with van der Waals surface area (Å²) in [6.45, 7) is 1.97. The topological polar surface area (TPSA) is 42.3 Å². The maximum atomic E-state index is 12.4. The molecule has 1 aliphatic heterocycles. The van der Waals surface area contributed by atoms with E-state index in [1.165, 1.54) is 4.90 Å². The van der Waals surface area contributed by atoms with Gasteiger partial charge in [-0.1, -0.05) is 17.7 Å². The Morgan fingerprint density at radius 2 is 1.81 bits per heavy atom. The lowest BCUT2D eigenvalue weighted by Crippen LogP contribution is -2.27. The summed E-state index contributed by atoms with van der Waals surface area (Å²) in [5.41, 5.74) is 2.59. The van der Waals surface area contributed by atoms with E-state index in [0.717, 1.165) is 23.0 Å². The van der Waals surface area contributed by atoms with Gasteiger partial charge in [0.15, 0.2) is 0 Å². The number of aromatic nitrogens is 1. The molecular formula is C16H14N2O2S. The molecule has 5 heteroatoms. The molecule has 2 amide bonds. The number of thioether (sulfide) groups is 1. The molecule has 0 aliphatic carbocycles. The Labute approximate surface area is 127 Å². The van der Waals surface area contributed by atoms with Gasteiger partial charge in [-0.3, -0.25) is 9.59 Å². The number of benzene rings is 1. The molecule has 4 nitrogen and oxygen atoms in total. The second-order valence-corrected chi connectivity index (χ2v) is 5.89. The van der Waals surface area contributed by atoms with Crippen molar-refractivity contribution in [2.45, 2.75) is 6.92 Å². The van der Waals surface area contributed by atoms with Gasteiger partial charge in [0.1, 0.15) is 0 Å². The summed E-state index contributed by atoms with van der Waals surface area (Å²) < 4.78 is 1.90. The second kappa shape index (κ2) is 5.26. The Morgan fingerprint density at radius 3 is 2.43 bits per heavy atom. The zero-order chi connectivity index (χ0) is 15.0. The second-order valence-electron chi connectivity index (χ2n) is 4.90. The Bertz CT molecular complexity index is 744. The average Bonchev–Trinajstić information content (AvgIpc) is 2.97. The number of imide groups is 1. The van der Waals surface area contributed by atoms with Gasteiger partial charge >= 0.3 is 0 Å². The van der Waals surface area contributed by atoms with Crippen LogP contribution in [0.15, 0.2) is 47.5 Å². The molecule has 0 unspecified atom stereocenters. The van der Waals surface area contributed by atoms with Crippen LogP contribution in [0.4, 0.5) is 10.5 Å². The van der Waals surface area contributed by atoms with Crippen LogP contribution in [0.5, 0.6) is 0 Å². The summed E-state index contributed by atoms with van der Waals surface area (Å²) in [5.74, 6) is -0.268. The molecule has 0 bridgehead atoms. The third kappa shape index (κ3) is 2.52. The fraction of sp³-hybridized carbons (Fsp3) is 0.125. The smallest absolute Gasteiger partial charge is 0.298 e. The average molecular weight is 298 g/mol. The van der Waals surface area contributed by atoms with E-state index in [4.69, 9.17) is 0 Å². The molecule has 0 atom stereocenters. The molecule has 1 aromatic carbocycles. The molecule has 2 heterocycles. The molecule has 0 spiro atoms. The first-order valence-electron chi connectivity index (χ1n) is 6.52. The molecule has 1 aromatic heterocycles. The van der Waals surface area contributed by atoms with Gasteiger partial charge in [0, 0.05) is 18.9 Å². The molecule has 2 aromatic rings. The summed E-state index contributed by atoms with van der Waals surface area (Å²) in [5, 5.41) is -0.260. The molecule has 1 aliphatic rings. The fourth-order valence-corrected chi connectivity index (χ4v) is 2.97. The molecule has 3 rings (SSSR count). The SMILES string of the molecule is Cc1ccc(N2C(=O)S/C(=C/c3cccn3C)C2=O)cc1. The van der Waals surface area contributed by atoms with Crippen LogP contribution in [0, 0.1) is 6.92 Å². The standard InChI is InChI=1S/C16H14N2O2S/c1-11-5-7-12(8-6-11)18-15(19)14(21-16(18)20)10-13-4-3-9-17(13)2/h3-10H,1-2H3/b14-10+. The zero-order valence-electron chi connectivity index (χ0n) is 11.7. The van der Waals surface area contributed by atoms with Gasteiger partial charge in [-0.25, -0.2) is 4.90 Å². The highest BCUT2D eigenvalue weighted by atomic mass is 32.2. The lowest BCUT2D eigenvalue weighted by molar-refractivity contribution is -0.113. The monoisotopic (exact) mass is 298 g/mol. The van der Waals surface area contributed by atoms with E-state index < -0.39 is 0 Å². The Morgan fingerprint density at radius 1 is 1.10 bits per heavy atom. The molecule has 1 saturated heterocycles. The Balaban J connectivity index is 1.94. The first-order valence-corrected chi connectivity index (χ1v) is 7.34. The van der Waals surface area contributed by atoms with Crippen molar-refractivity contribution in [3.05, 3.63) is 58.8 Å². The first kappa shape index (κ1) is 13.7. The predicted molar refractivity (Wildman–Crippen MR) is 85.0 cm³/mol. The van der Waals surface area contributed by atoms with Crippen molar-refractivity contribution in [3.63, 3.8) is 0 Å². The van der Waals surface area contributed by atoms with Gasteiger partial charge in [-0.05, 0) is 49.0 Å². The van der Waals surface area contributed by atoms with E-state index in [-0.39, 0.29) is 11.1 Å². The first-order chi connectivity index (χ1) is 10.1. The van der Waals surface area contributed by atoms with Crippen molar-refractivity contribution in [3.8, 4) is 0 Å². The van der Waals surface area contributed by atoms with Gasteiger partial charge in [-0.15, -0.1) is 0 Å². The van der Waals surface area contributed by atoms with E-state index in [0.29, 0.717) is 10.6 Å². The lowest BCUT2D eigenvalue weighted by Gasteiger charge is -2.12. The molecule has 106 valence electrons. The third-order valence-corrected chi connectivity index (χ3v) is 4.22. The van der Waals surface area contributed by atoms with Crippen LogP contribution in [0.25, 0.3) is 6.08 Å². The van der Waals surface area contributed by atoms with Crippen molar-refractivity contribution >= 4 is 34.7 Å². The van der Waals surface area contributed by atoms with Crippen LogP contribution in [0.3, 0.4) is 0 Å². The largest absolute Gasteiger partial charge is 0.351 e.